The third-order valence-electron chi connectivity index (χ3n) is 2.73. The van der Waals surface area contributed by atoms with Crippen LogP contribution in [0.1, 0.15) is 5.56 Å². The molecule has 94 valence electrons. The molecule has 0 heterocycles. The number of hydrogen-bond donors (Lipinski definition) is 2. The van der Waals surface area contributed by atoms with Gasteiger partial charge in [0.05, 0.1) is 0 Å². The fraction of sp³-hybridized carbons (Fsp3) is 0.154. The molecule has 1 aliphatic carbocycles. The van der Waals surface area contributed by atoms with E-state index in [0.717, 1.165) is 6.08 Å². The highest BCUT2D eigenvalue weighted by Crippen LogP contribution is 2.39. The van der Waals surface area contributed by atoms with Crippen LogP contribution in [0, 0.1) is 5.92 Å². The van der Waals surface area contributed by atoms with Crippen LogP contribution in [0.4, 0.5) is 8.78 Å². The molecule has 0 spiro atoms. The number of rotatable bonds is 2. The molecule has 0 aromatic heterocycles. The maximum Gasteiger partial charge on any atom is 0.319 e. The van der Waals surface area contributed by atoms with Crippen LogP contribution in [0.5, 0.6) is 0 Å². The predicted octanol–water partition coefficient (Wildman–Crippen LogP) is 2.30. The second-order valence-electron chi connectivity index (χ2n) is 3.96. The highest BCUT2D eigenvalue weighted by atomic mass is 19.2. The summed E-state index contributed by atoms with van der Waals surface area (Å²) >= 11 is 0. The molecule has 0 saturated carbocycles. The normalized spacial score (nSPS) is 27.4. The molecule has 0 radical (unpaired) electrons. The van der Waals surface area contributed by atoms with Gasteiger partial charge < -0.3 is 10.2 Å². The van der Waals surface area contributed by atoms with Gasteiger partial charge in [0.25, 0.3) is 0 Å². The average Bonchev–Trinajstić information content (AvgIpc) is 2.28. The van der Waals surface area contributed by atoms with Gasteiger partial charge >= 0.3 is 5.97 Å². The minimum Gasteiger partial charge on any atom is -0.481 e. The van der Waals surface area contributed by atoms with E-state index in [9.17, 15) is 18.7 Å². The molecule has 0 amide bonds. The van der Waals surface area contributed by atoms with Gasteiger partial charge in [0.15, 0.2) is 5.92 Å². The summed E-state index contributed by atoms with van der Waals surface area (Å²) in [5, 5.41) is 18.0. The maximum absolute atomic E-state index is 14.0. The summed E-state index contributed by atoms with van der Waals surface area (Å²) in [6.07, 6.45) is 1.70. The Morgan fingerprint density at radius 3 is 2.44 bits per heavy atom. The van der Waals surface area contributed by atoms with Crippen molar-refractivity contribution < 1.29 is 23.8 Å². The van der Waals surface area contributed by atoms with E-state index in [1.54, 1.807) is 30.3 Å². The van der Waals surface area contributed by atoms with Crippen LogP contribution in [0.25, 0.3) is 5.57 Å². The summed E-state index contributed by atoms with van der Waals surface area (Å²) in [5.41, 5.74) is 0.387. The molecule has 3 nitrogen and oxygen atoms in total. The number of allylic oxidation sites excluding steroid dienone is 2. The fourth-order valence-corrected chi connectivity index (χ4v) is 1.84. The van der Waals surface area contributed by atoms with Gasteiger partial charge in [-0.05, 0) is 11.6 Å². The lowest BCUT2D eigenvalue weighted by Gasteiger charge is -2.26. The van der Waals surface area contributed by atoms with Gasteiger partial charge in [0.2, 0.25) is 5.85 Å². The van der Waals surface area contributed by atoms with E-state index in [1.165, 1.54) is 0 Å². The maximum atomic E-state index is 14.0. The van der Waals surface area contributed by atoms with Gasteiger partial charge in [0, 0.05) is 5.57 Å². The van der Waals surface area contributed by atoms with Crippen molar-refractivity contribution in [1.29, 1.82) is 0 Å². The van der Waals surface area contributed by atoms with Crippen molar-refractivity contribution in [2.75, 3.05) is 0 Å². The van der Waals surface area contributed by atoms with Gasteiger partial charge in [0.1, 0.15) is 5.83 Å². The van der Waals surface area contributed by atoms with E-state index in [0.29, 0.717) is 11.6 Å². The lowest BCUT2D eigenvalue weighted by Crippen LogP contribution is -2.39. The molecule has 5 heteroatoms. The summed E-state index contributed by atoms with van der Waals surface area (Å²) in [4.78, 5) is 10.8. The summed E-state index contributed by atoms with van der Waals surface area (Å²) in [6, 6.07) is 8.15. The van der Waals surface area contributed by atoms with Gasteiger partial charge in [-0.3, -0.25) is 4.79 Å². The molecule has 2 rings (SSSR count). The van der Waals surface area contributed by atoms with Crippen LogP contribution in [0.2, 0.25) is 0 Å². The van der Waals surface area contributed by atoms with Crippen molar-refractivity contribution in [2.24, 2.45) is 5.92 Å². The standard InChI is InChI=1S/C13H10F2O3/c14-11-9(8-4-2-1-3-5-8)6-7-13(15,18)10(11)12(16)17/h1-7,10,18H,(H,16,17). The van der Waals surface area contributed by atoms with Crippen LogP contribution >= 0.6 is 0 Å². The Labute approximate surface area is 102 Å². The van der Waals surface area contributed by atoms with Crippen molar-refractivity contribution >= 4 is 11.5 Å². The molecular formula is C13H10F2O3. The molecule has 2 unspecified atom stereocenters. The second-order valence-corrected chi connectivity index (χ2v) is 3.96. The van der Waals surface area contributed by atoms with Gasteiger partial charge in [-0.1, -0.05) is 36.4 Å². The molecule has 0 bridgehead atoms. The Morgan fingerprint density at radius 2 is 1.89 bits per heavy atom. The highest BCUT2D eigenvalue weighted by molar-refractivity contribution is 5.85. The van der Waals surface area contributed by atoms with Crippen molar-refractivity contribution in [3.05, 3.63) is 53.9 Å². The van der Waals surface area contributed by atoms with Crippen molar-refractivity contribution in [3.63, 3.8) is 0 Å². The first-order valence-corrected chi connectivity index (χ1v) is 5.22. The number of benzene rings is 1. The third kappa shape index (κ3) is 2.04. The van der Waals surface area contributed by atoms with E-state index >= 15 is 0 Å². The summed E-state index contributed by atoms with van der Waals surface area (Å²) in [5.74, 6) is -8.40. The topological polar surface area (TPSA) is 57.5 Å². The number of alkyl halides is 1. The third-order valence-corrected chi connectivity index (χ3v) is 2.73. The zero-order valence-corrected chi connectivity index (χ0v) is 9.18. The van der Waals surface area contributed by atoms with Gasteiger partial charge in [-0.25, -0.2) is 8.78 Å². The fourth-order valence-electron chi connectivity index (χ4n) is 1.84. The Bertz CT molecular complexity index is 532. The van der Waals surface area contributed by atoms with Crippen LogP contribution < -0.4 is 0 Å². The first-order valence-electron chi connectivity index (χ1n) is 5.22. The number of carboxylic acid groups (broad SMARTS) is 1. The molecule has 18 heavy (non-hydrogen) atoms. The number of halogens is 2. The van der Waals surface area contributed by atoms with Gasteiger partial charge in [-0.2, -0.15) is 0 Å². The average molecular weight is 252 g/mol. The van der Waals surface area contributed by atoms with Crippen LogP contribution in [0.15, 0.2) is 48.3 Å². The molecule has 1 aromatic rings. The summed E-state index contributed by atoms with van der Waals surface area (Å²) in [7, 11) is 0. The number of aliphatic hydroxyl groups is 1. The minimum atomic E-state index is -3.21. The predicted molar refractivity (Wildman–Crippen MR) is 60.8 cm³/mol. The Kier molecular flexibility index (Phi) is 3.00. The monoisotopic (exact) mass is 252 g/mol. The zero-order chi connectivity index (χ0) is 13.3. The second kappa shape index (κ2) is 4.34. The Hall–Kier alpha value is -2.01. The van der Waals surface area contributed by atoms with Crippen LogP contribution in [0.3, 0.4) is 0 Å². The van der Waals surface area contributed by atoms with Crippen molar-refractivity contribution in [1.82, 2.24) is 0 Å². The Morgan fingerprint density at radius 1 is 1.28 bits per heavy atom. The van der Waals surface area contributed by atoms with E-state index in [4.69, 9.17) is 5.11 Å². The van der Waals surface area contributed by atoms with Crippen LogP contribution in [-0.2, 0) is 4.79 Å². The lowest BCUT2D eigenvalue weighted by molar-refractivity contribution is -0.158. The first-order chi connectivity index (χ1) is 8.43. The van der Waals surface area contributed by atoms with E-state index in [2.05, 4.69) is 0 Å². The number of hydrogen-bond acceptors (Lipinski definition) is 2. The zero-order valence-electron chi connectivity index (χ0n) is 9.18. The Balaban J connectivity index is 2.53. The molecular weight excluding hydrogens is 242 g/mol. The molecule has 2 atom stereocenters. The van der Waals surface area contributed by atoms with Gasteiger partial charge in [-0.15, -0.1) is 0 Å². The van der Waals surface area contributed by atoms with E-state index in [1.807, 2.05) is 0 Å². The molecule has 0 fully saturated rings. The summed E-state index contributed by atoms with van der Waals surface area (Å²) < 4.78 is 27.5. The molecule has 2 N–H and O–H groups in total. The number of carboxylic acids is 1. The lowest BCUT2D eigenvalue weighted by atomic mass is 9.87. The molecule has 1 aliphatic rings. The highest BCUT2D eigenvalue weighted by Gasteiger charge is 2.46. The minimum absolute atomic E-state index is 0.0367. The van der Waals surface area contributed by atoms with Crippen molar-refractivity contribution in [3.8, 4) is 0 Å². The number of aliphatic carboxylic acids is 1. The van der Waals surface area contributed by atoms with Crippen LogP contribution in [-0.4, -0.2) is 22.0 Å². The summed E-state index contributed by atoms with van der Waals surface area (Å²) in [6.45, 7) is 0. The molecule has 0 saturated heterocycles. The van der Waals surface area contributed by atoms with E-state index in [-0.39, 0.29) is 5.57 Å². The SMILES string of the molecule is O=C(O)C1C(F)=C(c2ccccc2)C=CC1(O)F. The first kappa shape index (κ1) is 12.4. The largest absolute Gasteiger partial charge is 0.481 e. The van der Waals surface area contributed by atoms with Crippen molar-refractivity contribution in [2.45, 2.75) is 5.85 Å². The molecule has 1 aromatic carbocycles. The molecule has 0 aliphatic heterocycles. The smallest absolute Gasteiger partial charge is 0.319 e. The number of carbonyl (C=O) groups is 1. The quantitative estimate of drug-likeness (QED) is 0.849. The van der Waals surface area contributed by atoms with E-state index < -0.39 is 23.6 Å².